The average Bonchev–Trinajstić information content (AvgIpc) is 2.76. The fraction of sp³-hybridized carbons (Fsp3) is 0.696. The third-order valence-electron chi connectivity index (χ3n) is 5.77. The number of carbonyl (C=O) groups is 1. The molecule has 0 spiro atoms. The number of amides is 1. The molecule has 2 fully saturated rings. The number of likely N-dealkylation sites (tertiary alicyclic amines) is 2. The van der Waals surface area contributed by atoms with E-state index in [1.165, 1.54) is 6.33 Å². The summed E-state index contributed by atoms with van der Waals surface area (Å²) in [6, 6.07) is 0. The summed E-state index contributed by atoms with van der Waals surface area (Å²) in [4.78, 5) is 24.9. The molecule has 2 aliphatic rings. The van der Waals surface area contributed by atoms with Gasteiger partial charge in [0.1, 0.15) is 18.5 Å². The van der Waals surface area contributed by atoms with Crippen LogP contribution in [0.3, 0.4) is 0 Å². The number of carbonyl (C=O) groups excluding carboxylic acids is 1. The van der Waals surface area contributed by atoms with Gasteiger partial charge in [-0.1, -0.05) is 6.08 Å². The summed E-state index contributed by atoms with van der Waals surface area (Å²) in [5.41, 5.74) is 0.832. The first-order valence-electron chi connectivity index (χ1n) is 11.4. The molecule has 8 nitrogen and oxygen atoms in total. The maximum absolute atomic E-state index is 12.1. The summed E-state index contributed by atoms with van der Waals surface area (Å²) >= 11 is 0. The minimum Gasteiger partial charge on any atom is -0.474 e. The summed E-state index contributed by atoms with van der Waals surface area (Å²) in [5, 5.41) is 0. The molecule has 0 bridgehead atoms. The Morgan fingerprint density at radius 3 is 2.16 bits per heavy atom. The van der Waals surface area contributed by atoms with Crippen molar-refractivity contribution in [1.82, 2.24) is 19.8 Å². The van der Waals surface area contributed by atoms with E-state index >= 15 is 0 Å². The Morgan fingerprint density at radius 2 is 1.65 bits per heavy atom. The molecule has 2 aliphatic heterocycles. The number of hydrogen-bond donors (Lipinski definition) is 0. The van der Waals surface area contributed by atoms with E-state index in [0.717, 1.165) is 57.3 Å². The first kappa shape index (κ1) is 23.3. The number of ether oxygens (including phenoxy) is 3. The molecule has 0 aromatic carbocycles. The molecule has 1 amide bonds. The van der Waals surface area contributed by atoms with Crippen LogP contribution >= 0.6 is 0 Å². The Kier molecular flexibility index (Phi) is 8.51. The second kappa shape index (κ2) is 11.3. The molecule has 3 heterocycles. The van der Waals surface area contributed by atoms with Crippen LogP contribution in [0.2, 0.25) is 0 Å². The smallest absolute Gasteiger partial charge is 0.410 e. The Morgan fingerprint density at radius 1 is 1.10 bits per heavy atom. The van der Waals surface area contributed by atoms with E-state index in [4.69, 9.17) is 14.2 Å². The lowest BCUT2D eigenvalue weighted by atomic mass is 10.1. The van der Waals surface area contributed by atoms with Crippen LogP contribution in [-0.2, 0) is 4.74 Å². The second-order valence-electron chi connectivity index (χ2n) is 8.58. The van der Waals surface area contributed by atoms with E-state index in [1.54, 1.807) is 4.90 Å². The zero-order valence-electron chi connectivity index (χ0n) is 19.1. The highest BCUT2D eigenvalue weighted by molar-refractivity contribution is 5.67. The van der Waals surface area contributed by atoms with E-state index in [0.29, 0.717) is 24.8 Å². The second-order valence-corrected chi connectivity index (χ2v) is 8.58. The Hall–Kier alpha value is -2.35. The van der Waals surface area contributed by atoms with Crippen molar-refractivity contribution in [2.24, 2.45) is 0 Å². The number of rotatable bonds is 8. The van der Waals surface area contributed by atoms with Gasteiger partial charge in [0.2, 0.25) is 11.8 Å². The first-order chi connectivity index (χ1) is 15.0. The summed E-state index contributed by atoms with van der Waals surface area (Å²) in [7, 11) is 0. The van der Waals surface area contributed by atoms with Gasteiger partial charge in [0.15, 0.2) is 0 Å². The van der Waals surface area contributed by atoms with Crippen molar-refractivity contribution in [3.8, 4) is 11.8 Å². The Balaban J connectivity index is 1.49. The van der Waals surface area contributed by atoms with Crippen LogP contribution in [-0.4, -0.2) is 76.9 Å². The van der Waals surface area contributed by atoms with Crippen LogP contribution in [0.4, 0.5) is 4.79 Å². The number of nitrogens with zero attached hydrogens (tertiary/aromatic N) is 4. The van der Waals surface area contributed by atoms with Crippen LogP contribution in [0.1, 0.15) is 51.5 Å². The van der Waals surface area contributed by atoms with Gasteiger partial charge >= 0.3 is 6.09 Å². The van der Waals surface area contributed by atoms with Gasteiger partial charge in [-0.15, -0.1) is 6.58 Å². The van der Waals surface area contributed by atoms with Crippen molar-refractivity contribution in [3.05, 3.63) is 24.5 Å². The van der Waals surface area contributed by atoms with Crippen LogP contribution in [0.25, 0.3) is 0 Å². The highest BCUT2D eigenvalue weighted by Gasteiger charge is 2.27. The molecule has 1 aromatic rings. The molecule has 172 valence electrons. The Labute approximate surface area is 185 Å². The van der Waals surface area contributed by atoms with E-state index in [1.807, 2.05) is 26.8 Å². The first-order valence-corrected chi connectivity index (χ1v) is 11.4. The fourth-order valence-corrected chi connectivity index (χ4v) is 3.93. The molecular weight excluding hydrogens is 396 g/mol. The SMILES string of the molecule is C=CCCN1CCC(Oc2ncnc(OC3CCN(C(=O)OC(C)C)CC3)c2C)CC1. The minimum atomic E-state index is -0.252. The van der Waals surface area contributed by atoms with E-state index in [-0.39, 0.29) is 24.4 Å². The molecule has 0 atom stereocenters. The molecule has 0 aliphatic carbocycles. The molecule has 1 aromatic heterocycles. The molecular formula is C23H36N4O4. The van der Waals surface area contributed by atoms with Crippen molar-refractivity contribution in [2.75, 3.05) is 32.7 Å². The van der Waals surface area contributed by atoms with Gasteiger partial charge in [0, 0.05) is 45.6 Å². The highest BCUT2D eigenvalue weighted by Crippen LogP contribution is 2.28. The van der Waals surface area contributed by atoms with Gasteiger partial charge < -0.3 is 24.0 Å². The van der Waals surface area contributed by atoms with E-state index in [2.05, 4.69) is 21.4 Å². The summed E-state index contributed by atoms with van der Waals surface area (Å²) in [6.45, 7) is 13.8. The van der Waals surface area contributed by atoms with Gasteiger partial charge in [-0.2, -0.15) is 0 Å². The molecule has 8 heteroatoms. The topological polar surface area (TPSA) is 77.0 Å². The maximum atomic E-state index is 12.1. The van der Waals surface area contributed by atoms with E-state index in [9.17, 15) is 4.79 Å². The van der Waals surface area contributed by atoms with Gasteiger partial charge in [0.25, 0.3) is 0 Å². The number of aromatic nitrogens is 2. The quantitative estimate of drug-likeness (QED) is 0.581. The molecule has 0 unspecified atom stereocenters. The molecule has 0 N–H and O–H groups in total. The van der Waals surface area contributed by atoms with Crippen molar-refractivity contribution < 1.29 is 19.0 Å². The molecule has 3 rings (SSSR count). The maximum Gasteiger partial charge on any atom is 0.410 e. The van der Waals surface area contributed by atoms with Crippen molar-refractivity contribution in [3.63, 3.8) is 0 Å². The standard InChI is InChI=1S/C23H36N4O4/c1-5-6-11-26-12-7-19(8-13-26)30-21-18(4)22(25-16-24-21)31-20-9-14-27(15-10-20)23(28)29-17(2)3/h5,16-17,19-20H,1,6-15H2,2-4H3. The fourth-order valence-electron chi connectivity index (χ4n) is 3.93. The lowest BCUT2D eigenvalue weighted by molar-refractivity contribution is 0.0502. The van der Waals surface area contributed by atoms with Gasteiger partial charge in [-0.25, -0.2) is 14.8 Å². The Bertz CT molecular complexity index is 726. The van der Waals surface area contributed by atoms with Crippen LogP contribution in [0.15, 0.2) is 19.0 Å². The zero-order chi connectivity index (χ0) is 22.2. The highest BCUT2D eigenvalue weighted by atomic mass is 16.6. The van der Waals surface area contributed by atoms with Crippen molar-refractivity contribution in [2.45, 2.75) is 71.2 Å². The van der Waals surface area contributed by atoms with E-state index < -0.39 is 0 Å². The third-order valence-corrected chi connectivity index (χ3v) is 5.77. The van der Waals surface area contributed by atoms with Crippen molar-refractivity contribution in [1.29, 1.82) is 0 Å². The van der Waals surface area contributed by atoms with Gasteiger partial charge in [0.05, 0.1) is 11.7 Å². The van der Waals surface area contributed by atoms with Crippen LogP contribution in [0.5, 0.6) is 11.8 Å². The van der Waals surface area contributed by atoms with Gasteiger partial charge in [-0.3, -0.25) is 0 Å². The summed E-state index contributed by atoms with van der Waals surface area (Å²) in [5.74, 6) is 1.17. The minimum absolute atomic E-state index is 0.0117. The summed E-state index contributed by atoms with van der Waals surface area (Å²) < 4.78 is 17.6. The normalized spacial score (nSPS) is 18.8. The van der Waals surface area contributed by atoms with Crippen molar-refractivity contribution >= 4 is 6.09 Å². The molecule has 2 saturated heterocycles. The number of hydrogen-bond acceptors (Lipinski definition) is 7. The van der Waals surface area contributed by atoms with Crippen LogP contribution in [0, 0.1) is 6.92 Å². The monoisotopic (exact) mass is 432 g/mol. The predicted octanol–water partition coefficient (Wildman–Crippen LogP) is 3.59. The average molecular weight is 433 g/mol. The lowest BCUT2D eigenvalue weighted by Gasteiger charge is -2.32. The molecule has 0 radical (unpaired) electrons. The molecule has 31 heavy (non-hydrogen) atoms. The largest absolute Gasteiger partial charge is 0.474 e. The third kappa shape index (κ3) is 6.82. The number of piperidine rings is 2. The summed E-state index contributed by atoms with van der Waals surface area (Å²) in [6.07, 6.45) is 7.78. The van der Waals surface area contributed by atoms with Crippen LogP contribution < -0.4 is 9.47 Å². The lowest BCUT2D eigenvalue weighted by Crippen LogP contribution is -2.42. The zero-order valence-corrected chi connectivity index (χ0v) is 19.1. The predicted molar refractivity (Wildman–Crippen MR) is 119 cm³/mol. The molecule has 0 saturated carbocycles. The van der Waals surface area contributed by atoms with Gasteiger partial charge in [-0.05, 0) is 40.0 Å².